The van der Waals surface area contributed by atoms with Gasteiger partial charge in [0.05, 0.1) is 6.61 Å². The highest BCUT2D eigenvalue weighted by molar-refractivity contribution is 6.30. The Balaban J connectivity index is 1.53. The first-order chi connectivity index (χ1) is 13.7. The van der Waals surface area contributed by atoms with Crippen LogP contribution in [0.1, 0.15) is 50.2 Å². The molecule has 0 heterocycles. The van der Waals surface area contributed by atoms with Crippen LogP contribution in [0.3, 0.4) is 0 Å². The molecule has 0 saturated heterocycles. The molecule has 0 fully saturated rings. The number of nitrogens with one attached hydrogen (secondary N) is 1. The predicted molar refractivity (Wildman–Crippen MR) is 116 cm³/mol. The van der Waals surface area contributed by atoms with E-state index in [0.29, 0.717) is 13.2 Å². The number of hydrogen-bond acceptors (Lipinski definition) is 3. The monoisotopic (exact) mass is 399 g/mol. The van der Waals surface area contributed by atoms with Crippen molar-refractivity contribution in [3.8, 4) is 11.5 Å². The molecule has 2 aromatic rings. The maximum absolute atomic E-state index is 6.05. The minimum absolute atomic E-state index is 0.466. The molecular weight excluding hydrogens is 370 g/mol. The molecule has 1 aliphatic rings. The molecule has 1 aliphatic carbocycles. The van der Waals surface area contributed by atoms with Crippen LogP contribution in [-0.2, 0) is 13.2 Å². The van der Waals surface area contributed by atoms with Crippen LogP contribution in [0.4, 0.5) is 0 Å². The van der Waals surface area contributed by atoms with Gasteiger partial charge in [-0.15, -0.1) is 0 Å². The number of hydrogen-bond donors (Lipinski definition) is 1. The van der Waals surface area contributed by atoms with Crippen LogP contribution >= 0.6 is 11.6 Å². The van der Waals surface area contributed by atoms with Crippen LogP contribution in [0.5, 0.6) is 11.5 Å². The number of benzene rings is 2. The number of halogens is 1. The fraction of sp³-hybridized carbons (Fsp3) is 0.417. The normalized spacial score (nSPS) is 13.9. The molecule has 150 valence electrons. The molecule has 3 nitrogen and oxygen atoms in total. The van der Waals surface area contributed by atoms with E-state index in [9.17, 15) is 0 Å². The summed E-state index contributed by atoms with van der Waals surface area (Å²) in [5.41, 5.74) is 3.85. The molecule has 2 aromatic carbocycles. The summed E-state index contributed by atoms with van der Waals surface area (Å²) in [4.78, 5) is 0. The van der Waals surface area contributed by atoms with Gasteiger partial charge in [0, 0.05) is 11.6 Å². The smallest absolute Gasteiger partial charge is 0.161 e. The number of ether oxygens (including phenoxy) is 2. The highest BCUT2D eigenvalue weighted by atomic mass is 35.5. The summed E-state index contributed by atoms with van der Waals surface area (Å²) in [6.45, 7) is 4.92. The van der Waals surface area contributed by atoms with Gasteiger partial charge in [-0.05, 0) is 81.0 Å². The Hall–Kier alpha value is -1.97. The van der Waals surface area contributed by atoms with E-state index in [2.05, 4.69) is 23.5 Å². The van der Waals surface area contributed by atoms with Gasteiger partial charge in [0.1, 0.15) is 6.61 Å². The lowest BCUT2D eigenvalue weighted by molar-refractivity contribution is 0.269. The Morgan fingerprint density at radius 3 is 2.71 bits per heavy atom. The molecule has 0 bridgehead atoms. The van der Waals surface area contributed by atoms with Gasteiger partial charge in [0.25, 0.3) is 0 Å². The van der Waals surface area contributed by atoms with Crippen molar-refractivity contribution in [1.29, 1.82) is 0 Å². The molecule has 0 unspecified atom stereocenters. The van der Waals surface area contributed by atoms with E-state index in [4.69, 9.17) is 21.1 Å². The lowest BCUT2D eigenvalue weighted by Crippen LogP contribution is -2.15. The summed E-state index contributed by atoms with van der Waals surface area (Å²) in [5, 5.41) is 4.27. The fourth-order valence-corrected chi connectivity index (χ4v) is 3.66. The van der Waals surface area contributed by atoms with Crippen LogP contribution in [-0.4, -0.2) is 13.2 Å². The average Bonchev–Trinajstić information content (AvgIpc) is 2.72. The van der Waals surface area contributed by atoms with E-state index >= 15 is 0 Å². The molecule has 1 N–H and O–H groups in total. The van der Waals surface area contributed by atoms with Gasteiger partial charge in [0.15, 0.2) is 11.5 Å². The van der Waals surface area contributed by atoms with E-state index in [0.717, 1.165) is 41.6 Å². The van der Waals surface area contributed by atoms with Gasteiger partial charge in [-0.2, -0.15) is 0 Å². The van der Waals surface area contributed by atoms with Crippen molar-refractivity contribution in [2.45, 2.75) is 52.2 Å². The van der Waals surface area contributed by atoms with E-state index < -0.39 is 0 Å². The molecule has 0 amide bonds. The first-order valence-corrected chi connectivity index (χ1v) is 10.6. The second kappa shape index (κ2) is 11.1. The quantitative estimate of drug-likeness (QED) is 0.375. The predicted octanol–water partition coefficient (Wildman–Crippen LogP) is 6.30. The summed E-state index contributed by atoms with van der Waals surface area (Å²) >= 11 is 6.05. The second-order valence-corrected chi connectivity index (χ2v) is 7.60. The Labute approximate surface area is 173 Å². The lowest BCUT2D eigenvalue weighted by atomic mass is 9.97. The first kappa shape index (κ1) is 20.8. The van der Waals surface area contributed by atoms with Gasteiger partial charge in [-0.1, -0.05) is 41.4 Å². The van der Waals surface area contributed by atoms with Crippen LogP contribution in [0.15, 0.2) is 54.1 Å². The van der Waals surface area contributed by atoms with Crippen molar-refractivity contribution in [2.75, 3.05) is 13.2 Å². The Kier molecular flexibility index (Phi) is 8.25. The van der Waals surface area contributed by atoms with Crippen molar-refractivity contribution in [2.24, 2.45) is 0 Å². The fourth-order valence-electron chi connectivity index (χ4n) is 3.45. The van der Waals surface area contributed by atoms with E-state index in [1.807, 2.05) is 37.3 Å². The summed E-state index contributed by atoms with van der Waals surface area (Å²) in [5.74, 6) is 1.55. The highest BCUT2D eigenvalue weighted by Gasteiger charge is 2.08. The van der Waals surface area contributed by atoms with E-state index in [1.54, 1.807) is 5.57 Å². The molecule has 4 heteroatoms. The lowest BCUT2D eigenvalue weighted by Gasteiger charge is -2.15. The zero-order valence-electron chi connectivity index (χ0n) is 16.7. The highest BCUT2D eigenvalue weighted by Crippen LogP contribution is 2.29. The standard InChI is InChI=1S/C24H30ClNO2/c1-2-27-24-16-20(17-26-14-13-19-7-4-3-5-8-19)11-12-23(24)28-18-21-9-6-10-22(25)15-21/h6-7,9-12,15-16,26H,2-5,8,13-14,17-18H2,1H3. The Morgan fingerprint density at radius 1 is 1.00 bits per heavy atom. The van der Waals surface area contributed by atoms with Gasteiger partial charge in [-0.3, -0.25) is 0 Å². The molecule has 3 rings (SSSR count). The summed E-state index contributed by atoms with van der Waals surface area (Å²) in [6, 6.07) is 13.9. The summed E-state index contributed by atoms with van der Waals surface area (Å²) in [7, 11) is 0. The summed E-state index contributed by atoms with van der Waals surface area (Å²) < 4.78 is 11.8. The van der Waals surface area contributed by atoms with Crippen LogP contribution in [0.25, 0.3) is 0 Å². The third-order valence-electron chi connectivity index (χ3n) is 4.93. The molecule has 0 aliphatic heterocycles. The van der Waals surface area contributed by atoms with Crippen molar-refractivity contribution in [1.82, 2.24) is 5.32 Å². The largest absolute Gasteiger partial charge is 0.490 e. The maximum Gasteiger partial charge on any atom is 0.161 e. The molecule has 0 saturated carbocycles. The molecule has 0 aromatic heterocycles. The van der Waals surface area contributed by atoms with Gasteiger partial charge in [-0.25, -0.2) is 0 Å². The minimum atomic E-state index is 0.466. The number of rotatable bonds is 10. The molecule has 0 radical (unpaired) electrons. The Bertz CT molecular complexity index is 788. The van der Waals surface area contributed by atoms with Gasteiger partial charge in [0.2, 0.25) is 0 Å². The number of allylic oxidation sites excluding steroid dienone is 1. The third-order valence-corrected chi connectivity index (χ3v) is 5.16. The third kappa shape index (κ3) is 6.57. The van der Waals surface area contributed by atoms with Crippen molar-refractivity contribution in [3.63, 3.8) is 0 Å². The van der Waals surface area contributed by atoms with E-state index in [1.165, 1.54) is 31.2 Å². The topological polar surface area (TPSA) is 30.5 Å². The van der Waals surface area contributed by atoms with Gasteiger partial charge >= 0.3 is 0 Å². The minimum Gasteiger partial charge on any atom is -0.490 e. The van der Waals surface area contributed by atoms with Crippen LogP contribution < -0.4 is 14.8 Å². The van der Waals surface area contributed by atoms with Crippen molar-refractivity contribution >= 4 is 11.6 Å². The molecular formula is C24H30ClNO2. The van der Waals surface area contributed by atoms with Gasteiger partial charge < -0.3 is 14.8 Å². The van der Waals surface area contributed by atoms with Crippen molar-refractivity contribution < 1.29 is 9.47 Å². The second-order valence-electron chi connectivity index (χ2n) is 7.17. The molecule has 28 heavy (non-hydrogen) atoms. The first-order valence-electron chi connectivity index (χ1n) is 10.3. The molecule has 0 spiro atoms. The Morgan fingerprint density at radius 2 is 1.93 bits per heavy atom. The van der Waals surface area contributed by atoms with E-state index in [-0.39, 0.29) is 0 Å². The van der Waals surface area contributed by atoms with Crippen molar-refractivity contribution in [3.05, 3.63) is 70.3 Å². The summed E-state index contributed by atoms with van der Waals surface area (Å²) in [6.07, 6.45) is 8.80. The van der Waals surface area contributed by atoms with Crippen LogP contribution in [0.2, 0.25) is 5.02 Å². The molecule has 0 atom stereocenters. The zero-order chi connectivity index (χ0) is 19.6. The van der Waals surface area contributed by atoms with Crippen LogP contribution in [0, 0.1) is 0 Å². The zero-order valence-corrected chi connectivity index (χ0v) is 17.4. The average molecular weight is 400 g/mol. The SMILES string of the molecule is CCOc1cc(CNCCC2=CCCCC2)ccc1OCc1cccc(Cl)c1. The maximum atomic E-state index is 6.05.